The molecule has 1 N–H and O–H groups in total. The second kappa shape index (κ2) is 7.25. The lowest BCUT2D eigenvalue weighted by molar-refractivity contribution is 0.0944. The number of fused-ring (bicyclic) bond motifs is 3. The number of carbonyl (C=O) groups excluding carboxylic acids is 1. The predicted octanol–water partition coefficient (Wildman–Crippen LogP) is 1.85. The fourth-order valence-electron chi connectivity index (χ4n) is 3.83. The number of amides is 1. The fourth-order valence-corrected chi connectivity index (χ4v) is 5.00. The van der Waals surface area contributed by atoms with Crippen LogP contribution in [0.25, 0.3) is 4.96 Å². The minimum absolute atomic E-state index is 0.155. The van der Waals surface area contributed by atoms with E-state index < -0.39 is 0 Å². The number of piperidine rings is 1. The van der Waals surface area contributed by atoms with Crippen LogP contribution in [0.1, 0.15) is 53.0 Å². The van der Waals surface area contributed by atoms with Crippen LogP contribution in [0.5, 0.6) is 0 Å². The van der Waals surface area contributed by atoms with Crippen LogP contribution in [0.3, 0.4) is 0 Å². The van der Waals surface area contributed by atoms with Gasteiger partial charge in [-0.1, -0.05) is 6.42 Å². The average molecular weight is 360 g/mol. The van der Waals surface area contributed by atoms with Crippen LogP contribution >= 0.6 is 11.3 Å². The molecule has 1 amide bonds. The van der Waals surface area contributed by atoms with Crippen LogP contribution in [0.15, 0.2) is 11.0 Å². The lowest BCUT2D eigenvalue weighted by Gasteiger charge is -2.26. The van der Waals surface area contributed by atoms with Gasteiger partial charge < -0.3 is 10.2 Å². The molecule has 0 aromatic carbocycles. The zero-order valence-corrected chi connectivity index (χ0v) is 15.2. The molecule has 0 bridgehead atoms. The first-order chi connectivity index (χ1) is 12.2. The summed E-state index contributed by atoms with van der Waals surface area (Å²) in [7, 11) is 0. The summed E-state index contributed by atoms with van der Waals surface area (Å²) < 4.78 is 1.67. The van der Waals surface area contributed by atoms with Crippen molar-refractivity contribution < 1.29 is 4.79 Å². The summed E-state index contributed by atoms with van der Waals surface area (Å²) in [5, 5.41) is 2.89. The SMILES string of the molecule is O=C(NCCN1CCCCC1)c1cnc2sc3c(n2c1=O)CCCC3. The molecule has 0 unspecified atom stereocenters. The molecule has 2 aliphatic rings. The third-order valence-electron chi connectivity index (χ3n) is 5.21. The summed E-state index contributed by atoms with van der Waals surface area (Å²) in [5.41, 5.74) is 0.994. The standard InChI is InChI=1S/C18H24N4O2S/c23-16(19-8-11-21-9-4-1-5-10-21)13-12-20-18-22(17(13)24)14-6-2-3-7-15(14)25-18/h12H,1-11H2,(H,19,23). The molecule has 1 saturated heterocycles. The van der Waals surface area contributed by atoms with E-state index in [1.807, 2.05) is 0 Å². The van der Waals surface area contributed by atoms with Crippen LogP contribution in [0.4, 0.5) is 0 Å². The number of likely N-dealkylation sites (tertiary alicyclic amines) is 1. The Morgan fingerprint density at radius 1 is 1.16 bits per heavy atom. The molecule has 0 radical (unpaired) electrons. The van der Waals surface area contributed by atoms with Gasteiger partial charge >= 0.3 is 0 Å². The van der Waals surface area contributed by atoms with Crippen molar-refractivity contribution in [3.05, 3.63) is 32.7 Å². The summed E-state index contributed by atoms with van der Waals surface area (Å²) in [6.07, 6.45) is 9.39. The Labute approximate surface area is 150 Å². The van der Waals surface area contributed by atoms with Crippen molar-refractivity contribution in [2.75, 3.05) is 26.2 Å². The van der Waals surface area contributed by atoms with Gasteiger partial charge in [-0.05, 0) is 51.6 Å². The molecule has 1 aliphatic carbocycles. The molecule has 1 aliphatic heterocycles. The van der Waals surface area contributed by atoms with Gasteiger partial charge in [-0.25, -0.2) is 4.98 Å². The highest BCUT2D eigenvalue weighted by Crippen LogP contribution is 2.28. The summed E-state index contributed by atoms with van der Waals surface area (Å²) in [6, 6.07) is 0. The third-order valence-corrected chi connectivity index (χ3v) is 6.37. The smallest absolute Gasteiger partial charge is 0.271 e. The Morgan fingerprint density at radius 2 is 1.96 bits per heavy atom. The Morgan fingerprint density at radius 3 is 2.80 bits per heavy atom. The molecular weight excluding hydrogens is 336 g/mol. The molecule has 25 heavy (non-hydrogen) atoms. The maximum Gasteiger partial charge on any atom is 0.271 e. The quantitative estimate of drug-likeness (QED) is 0.904. The lowest BCUT2D eigenvalue weighted by Crippen LogP contribution is -2.39. The molecule has 2 aromatic rings. The highest BCUT2D eigenvalue weighted by Gasteiger charge is 2.21. The van der Waals surface area contributed by atoms with Gasteiger partial charge in [-0.15, -0.1) is 11.3 Å². The highest BCUT2D eigenvalue weighted by molar-refractivity contribution is 7.17. The Bertz CT molecular complexity index is 835. The van der Waals surface area contributed by atoms with Gasteiger partial charge in [0.15, 0.2) is 4.96 Å². The van der Waals surface area contributed by atoms with Crippen molar-refractivity contribution in [1.82, 2.24) is 19.6 Å². The molecule has 7 heteroatoms. The number of carbonyl (C=O) groups is 1. The molecule has 1 fully saturated rings. The van der Waals surface area contributed by atoms with Crippen molar-refractivity contribution >= 4 is 22.2 Å². The van der Waals surface area contributed by atoms with Crippen molar-refractivity contribution in [3.63, 3.8) is 0 Å². The lowest BCUT2D eigenvalue weighted by atomic mass is 10.0. The first kappa shape index (κ1) is 16.7. The van der Waals surface area contributed by atoms with Crippen molar-refractivity contribution in [2.24, 2.45) is 0 Å². The maximum atomic E-state index is 12.8. The summed E-state index contributed by atoms with van der Waals surface area (Å²) in [4.78, 5) is 34.0. The number of hydrogen-bond donors (Lipinski definition) is 1. The maximum absolute atomic E-state index is 12.8. The van der Waals surface area contributed by atoms with E-state index in [1.165, 1.54) is 36.8 Å². The molecule has 0 atom stereocenters. The van der Waals surface area contributed by atoms with E-state index in [0.717, 1.165) is 44.6 Å². The van der Waals surface area contributed by atoms with E-state index in [0.29, 0.717) is 11.5 Å². The first-order valence-electron chi connectivity index (χ1n) is 9.27. The number of aryl methyl sites for hydroxylation is 2. The summed E-state index contributed by atoms with van der Waals surface area (Å²) >= 11 is 1.58. The van der Waals surface area contributed by atoms with Gasteiger partial charge in [0, 0.05) is 29.9 Å². The van der Waals surface area contributed by atoms with Gasteiger partial charge in [0.05, 0.1) is 0 Å². The molecular formula is C18H24N4O2S. The van der Waals surface area contributed by atoms with Gasteiger partial charge in [0.1, 0.15) is 5.56 Å². The van der Waals surface area contributed by atoms with Gasteiger partial charge in [-0.2, -0.15) is 0 Å². The predicted molar refractivity (Wildman–Crippen MR) is 98.6 cm³/mol. The fraction of sp³-hybridized carbons (Fsp3) is 0.611. The first-order valence-corrected chi connectivity index (χ1v) is 10.1. The Kier molecular flexibility index (Phi) is 4.85. The highest BCUT2D eigenvalue weighted by atomic mass is 32.1. The molecule has 0 spiro atoms. The van der Waals surface area contributed by atoms with Crippen LogP contribution < -0.4 is 10.9 Å². The molecule has 134 valence electrons. The summed E-state index contributed by atoms with van der Waals surface area (Å²) in [5.74, 6) is -0.306. The number of thiazole rings is 1. The van der Waals surface area contributed by atoms with E-state index in [9.17, 15) is 9.59 Å². The summed E-state index contributed by atoms with van der Waals surface area (Å²) in [6.45, 7) is 3.62. The van der Waals surface area contributed by atoms with E-state index >= 15 is 0 Å². The average Bonchev–Trinajstić information content (AvgIpc) is 3.02. The normalized spacial score (nSPS) is 18.2. The molecule has 2 aromatic heterocycles. The second-order valence-corrected chi connectivity index (χ2v) is 7.99. The van der Waals surface area contributed by atoms with Crippen LogP contribution in [-0.2, 0) is 12.8 Å². The number of nitrogens with zero attached hydrogens (tertiary/aromatic N) is 3. The van der Waals surface area contributed by atoms with Crippen molar-refractivity contribution in [3.8, 4) is 0 Å². The van der Waals surface area contributed by atoms with E-state index in [1.54, 1.807) is 15.7 Å². The zero-order chi connectivity index (χ0) is 17.2. The van der Waals surface area contributed by atoms with E-state index in [2.05, 4.69) is 15.2 Å². The van der Waals surface area contributed by atoms with Crippen LogP contribution in [0, 0.1) is 0 Å². The van der Waals surface area contributed by atoms with Gasteiger partial charge in [0.2, 0.25) is 0 Å². The Balaban J connectivity index is 1.49. The minimum atomic E-state index is -0.306. The molecule has 0 saturated carbocycles. The van der Waals surface area contributed by atoms with Gasteiger partial charge in [-0.3, -0.25) is 14.0 Å². The number of hydrogen-bond acceptors (Lipinski definition) is 5. The topological polar surface area (TPSA) is 66.7 Å². The zero-order valence-electron chi connectivity index (χ0n) is 14.4. The number of aromatic nitrogens is 2. The van der Waals surface area contributed by atoms with Crippen LogP contribution in [0.2, 0.25) is 0 Å². The van der Waals surface area contributed by atoms with Crippen LogP contribution in [-0.4, -0.2) is 46.4 Å². The molecule has 6 nitrogen and oxygen atoms in total. The number of rotatable bonds is 4. The largest absolute Gasteiger partial charge is 0.351 e. The Hall–Kier alpha value is -1.73. The van der Waals surface area contributed by atoms with Gasteiger partial charge in [0.25, 0.3) is 11.5 Å². The third kappa shape index (κ3) is 3.35. The number of nitrogens with one attached hydrogen (secondary N) is 1. The van der Waals surface area contributed by atoms with Crippen molar-refractivity contribution in [2.45, 2.75) is 44.9 Å². The minimum Gasteiger partial charge on any atom is -0.351 e. The molecule has 3 heterocycles. The van der Waals surface area contributed by atoms with E-state index in [-0.39, 0.29) is 17.0 Å². The second-order valence-electron chi connectivity index (χ2n) is 6.93. The van der Waals surface area contributed by atoms with E-state index in [4.69, 9.17) is 0 Å². The monoisotopic (exact) mass is 360 g/mol. The van der Waals surface area contributed by atoms with Crippen molar-refractivity contribution in [1.29, 1.82) is 0 Å². The molecule has 4 rings (SSSR count).